The maximum atomic E-state index is 12.5. The number of Topliss-reactive ketones (excluding diaryl/α,β-unsaturated/α-hetero) is 1. The van der Waals surface area contributed by atoms with E-state index in [4.69, 9.17) is 9.05 Å². The fourth-order valence-corrected chi connectivity index (χ4v) is 4.02. The molecule has 3 aromatic rings. The molecule has 0 spiro atoms. The number of aryl methyl sites for hydroxylation is 3. The molecule has 32 heavy (non-hydrogen) atoms. The van der Waals surface area contributed by atoms with E-state index < -0.39 is 25.1 Å². The molecule has 4 N–H and O–H groups in total. The quantitative estimate of drug-likeness (QED) is 0.280. The van der Waals surface area contributed by atoms with Gasteiger partial charge in [-0.15, -0.1) is 0 Å². The van der Waals surface area contributed by atoms with Crippen LogP contribution in [0.3, 0.4) is 0 Å². The average Bonchev–Trinajstić information content (AvgIpc) is 2.65. The summed E-state index contributed by atoms with van der Waals surface area (Å²) >= 11 is 0. The number of phenols is 3. The highest BCUT2D eigenvalue weighted by Crippen LogP contribution is 2.46. The first kappa shape index (κ1) is 23.2. The van der Waals surface area contributed by atoms with Crippen LogP contribution < -0.4 is 9.05 Å². The Labute approximate surface area is 184 Å². The van der Waals surface area contributed by atoms with E-state index in [2.05, 4.69) is 0 Å². The predicted octanol–water partition coefficient (Wildman–Crippen LogP) is 4.79. The van der Waals surface area contributed by atoms with Gasteiger partial charge in [-0.2, -0.15) is 0 Å². The monoisotopic (exact) mass is 458 g/mol. The van der Waals surface area contributed by atoms with Crippen LogP contribution in [0, 0.1) is 13.8 Å². The lowest BCUT2D eigenvalue weighted by molar-refractivity contribution is 0.0977. The molecule has 1 unspecified atom stereocenters. The lowest BCUT2D eigenvalue weighted by atomic mass is 10.0. The van der Waals surface area contributed by atoms with E-state index in [-0.39, 0.29) is 29.2 Å². The van der Waals surface area contributed by atoms with Crippen molar-refractivity contribution in [2.24, 2.45) is 0 Å². The van der Waals surface area contributed by atoms with Gasteiger partial charge >= 0.3 is 7.82 Å². The summed E-state index contributed by atoms with van der Waals surface area (Å²) in [6.07, 6.45) is 0.312. The number of rotatable bonds is 8. The highest BCUT2D eigenvalue weighted by molar-refractivity contribution is 7.48. The van der Waals surface area contributed by atoms with Crippen molar-refractivity contribution in [2.75, 3.05) is 0 Å². The van der Waals surface area contributed by atoms with Crippen LogP contribution in [0.2, 0.25) is 0 Å². The summed E-state index contributed by atoms with van der Waals surface area (Å²) < 4.78 is 22.4. The first-order valence-corrected chi connectivity index (χ1v) is 11.2. The second-order valence-corrected chi connectivity index (χ2v) is 8.70. The third kappa shape index (κ3) is 6.03. The summed E-state index contributed by atoms with van der Waals surface area (Å²) in [5.41, 5.74) is 2.12. The summed E-state index contributed by atoms with van der Waals surface area (Å²) in [7, 11) is -4.64. The number of carbonyl (C=O) groups excluding carboxylic acids is 1. The molecule has 8 nitrogen and oxygen atoms in total. The van der Waals surface area contributed by atoms with Gasteiger partial charge in [0.15, 0.2) is 5.78 Å². The Hall–Kier alpha value is -3.48. The van der Waals surface area contributed by atoms with E-state index in [9.17, 15) is 29.6 Å². The second-order valence-electron chi connectivity index (χ2n) is 7.40. The molecule has 3 rings (SSSR count). The third-order valence-corrected chi connectivity index (χ3v) is 5.45. The number of carbonyl (C=O) groups is 1. The molecule has 0 bridgehead atoms. The van der Waals surface area contributed by atoms with Gasteiger partial charge in [-0.1, -0.05) is 18.2 Å². The van der Waals surface area contributed by atoms with Crippen molar-refractivity contribution in [2.45, 2.75) is 26.7 Å². The van der Waals surface area contributed by atoms with E-state index in [0.717, 1.165) is 28.8 Å². The minimum Gasteiger partial charge on any atom is -0.508 e. The Morgan fingerprint density at radius 1 is 0.844 bits per heavy atom. The standard InChI is InChI=1S/C23H23O8P/c1-14-9-15(2)11-18(10-14)30-32(28,29)31-19-12-21(26)23(22(27)13-19)20(25)8-5-16-3-6-17(24)7-4-16/h3-4,6-7,9-13,24,26-27H,5,8H2,1-2H3,(H,28,29). The minimum atomic E-state index is -4.64. The van der Waals surface area contributed by atoms with E-state index in [1.165, 1.54) is 12.1 Å². The van der Waals surface area contributed by atoms with Crippen molar-refractivity contribution in [3.63, 3.8) is 0 Å². The van der Waals surface area contributed by atoms with Gasteiger partial charge < -0.3 is 24.4 Å². The molecule has 0 aliphatic carbocycles. The lowest BCUT2D eigenvalue weighted by Crippen LogP contribution is -2.04. The first-order chi connectivity index (χ1) is 15.0. The molecule has 1 atom stereocenters. The van der Waals surface area contributed by atoms with Gasteiger partial charge in [-0.25, -0.2) is 4.57 Å². The van der Waals surface area contributed by atoms with Crippen LogP contribution >= 0.6 is 7.82 Å². The molecule has 168 valence electrons. The zero-order valence-electron chi connectivity index (χ0n) is 17.5. The Morgan fingerprint density at radius 2 is 1.34 bits per heavy atom. The highest BCUT2D eigenvalue weighted by Gasteiger charge is 2.27. The Morgan fingerprint density at radius 3 is 1.88 bits per heavy atom. The SMILES string of the molecule is Cc1cc(C)cc(OP(=O)(O)Oc2cc(O)c(C(=O)CCc3ccc(O)cc3)c(O)c2)c1. The normalized spacial score (nSPS) is 12.7. The molecule has 0 saturated carbocycles. The van der Waals surface area contributed by atoms with Crippen molar-refractivity contribution in [3.05, 3.63) is 76.9 Å². The zero-order chi connectivity index (χ0) is 23.5. The molecule has 0 radical (unpaired) electrons. The number of hydrogen-bond acceptors (Lipinski definition) is 7. The molecule has 0 fully saturated rings. The molecule has 0 heterocycles. The Bertz CT molecular complexity index is 1140. The van der Waals surface area contributed by atoms with Gasteiger partial charge in [0, 0.05) is 18.6 Å². The topological polar surface area (TPSA) is 134 Å². The van der Waals surface area contributed by atoms with E-state index >= 15 is 0 Å². The number of phenolic OH excluding ortho intramolecular Hbond substituents is 3. The molecule has 0 aliphatic heterocycles. The molecule has 0 amide bonds. The van der Waals surface area contributed by atoms with E-state index in [1.54, 1.807) is 38.1 Å². The molecule has 3 aromatic carbocycles. The molecular formula is C23H23O8P. The van der Waals surface area contributed by atoms with Crippen LogP contribution in [-0.4, -0.2) is 26.0 Å². The number of benzene rings is 3. The number of ketones is 1. The van der Waals surface area contributed by atoms with E-state index in [1.807, 2.05) is 6.07 Å². The largest absolute Gasteiger partial charge is 0.584 e. The van der Waals surface area contributed by atoms with Crippen LogP contribution in [0.4, 0.5) is 0 Å². The van der Waals surface area contributed by atoms with E-state index in [0.29, 0.717) is 6.42 Å². The summed E-state index contributed by atoms with van der Waals surface area (Å²) in [6, 6.07) is 13.2. The molecule has 0 aliphatic rings. The van der Waals surface area contributed by atoms with Crippen molar-refractivity contribution >= 4 is 13.6 Å². The van der Waals surface area contributed by atoms with Gasteiger partial charge in [0.05, 0.1) is 0 Å². The van der Waals surface area contributed by atoms with Crippen LogP contribution in [0.5, 0.6) is 28.7 Å². The van der Waals surface area contributed by atoms with Gasteiger partial charge in [-0.3, -0.25) is 9.69 Å². The maximum absolute atomic E-state index is 12.5. The molecule has 9 heteroatoms. The Kier molecular flexibility index (Phi) is 6.77. The predicted molar refractivity (Wildman–Crippen MR) is 118 cm³/mol. The molecular weight excluding hydrogens is 435 g/mol. The summed E-state index contributed by atoms with van der Waals surface area (Å²) in [5.74, 6) is -1.83. The maximum Gasteiger partial charge on any atom is 0.584 e. The zero-order valence-corrected chi connectivity index (χ0v) is 18.4. The summed E-state index contributed by atoms with van der Waals surface area (Å²) in [4.78, 5) is 22.5. The highest BCUT2D eigenvalue weighted by atomic mass is 31.2. The van der Waals surface area contributed by atoms with Crippen molar-refractivity contribution in [3.8, 4) is 28.7 Å². The van der Waals surface area contributed by atoms with Gasteiger partial charge in [-0.05, 0) is 61.2 Å². The second kappa shape index (κ2) is 9.34. The first-order valence-electron chi connectivity index (χ1n) is 9.70. The number of hydrogen-bond donors (Lipinski definition) is 4. The van der Waals surface area contributed by atoms with Gasteiger partial charge in [0.2, 0.25) is 0 Å². The third-order valence-electron chi connectivity index (χ3n) is 4.56. The Balaban J connectivity index is 1.72. The molecule has 0 saturated heterocycles. The van der Waals surface area contributed by atoms with Crippen molar-refractivity contribution in [1.29, 1.82) is 0 Å². The van der Waals surface area contributed by atoms with Gasteiger partial charge in [0.25, 0.3) is 0 Å². The summed E-state index contributed by atoms with van der Waals surface area (Å²) in [6.45, 7) is 3.60. The fraction of sp³-hybridized carbons (Fsp3) is 0.174. The number of aromatic hydroxyl groups is 3. The average molecular weight is 458 g/mol. The number of phosphoric acid groups is 1. The van der Waals surface area contributed by atoms with Crippen LogP contribution in [0.1, 0.15) is 33.5 Å². The summed E-state index contributed by atoms with van der Waals surface area (Å²) in [5, 5.41) is 29.8. The van der Waals surface area contributed by atoms with Crippen molar-refractivity contribution in [1.82, 2.24) is 0 Å². The van der Waals surface area contributed by atoms with Crippen molar-refractivity contribution < 1.29 is 38.6 Å². The number of phosphoric ester groups is 1. The van der Waals surface area contributed by atoms with Crippen LogP contribution in [-0.2, 0) is 11.0 Å². The molecule has 0 aromatic heterocycles. The smallest absolute Gasteiger partial charge is 0.508 e. The fourth-order valence-electron chi connectivity index (χ4n) is 3.24. The van der Waals surface area contributed by atoms with Crippen LogP contribution in [0.15, 0.2) is 54.6 Å². The lowest BCUT2D eigenvalue weighted by Gasteiger charge is -2.16. The minimum absolute atomic E-state index is 0.0135. The van der Waals surface area contributed by atoms with Gasteiger partial charge in [0.1, 0.15) is 34.3 Å². The van der Waals surface area contributed by atoms with Crippen LogP contribution in [0.25, 0.3) is 0 Å².